The lowest BCUT2D eigenvalue weighted by Crippen LogP contribution is -2.33. The van der Waals surface area contributed by atoms with Gasteiger partial charge in [-0.3, -0.25) is 9.36 Å². The van der Waals surface area contributed by atoms with E-state index in [0.29, 0.717) is 23.2 Å². The van der Waals surface area contributed by atoms with Crippen LogP contribution >= 0.6 is 0 Å². The molecular weight excluding hydrogens is 428 g/mol. The van der Waals surface area contributed by atoms with Crippen LogP contribution in [0.4, 0.5) is 29.2 Å². The highest BCUT2D eigenvalue weighted by molar-refractivity contribution is 5.76. The minimum absolute atomic E-state index is 0.0961. The molecule has 168 valence electrons. The van der Waals surface area contributed by atoms with Gasteiger partial charge in [0.05, 0.1) is 0 Å². The fourth-order valence-corrected chi connectivity index (χ4v) is 4.88. The number of anilines is 2. The quantitative estimate of drug-likeness (QED) is 0.530. The van der Waals surface area contributed by atoms with Gasteiger partial charge in [0.1, 0.15) is 11.4 Å². The highest BCUT2D eigenvalue weighted by Gasteiger charge is 2.44. The first-order chi connectivity index (χ1) is 15.3. The number of rotatable bonds is 6. The SMILES string of the molecule is O=c1ccc2cnc(Nc3ccc(OC(F)(F)C(F)F)cc3)nc2n1C1CC2CCC1C2. The molecule has 2 bridgehead atoms. The van der Waals surface area contributed by atoms with Gasteiger partial charge in [0.2, 0.25) is 5.95 Å². The summed E-state index contributed by atoms with van der Waals surface area (Å²) >= 11 is 0. The van der Waals surface area contributed by atoms with Gasteiger partial charge >= 0.3 is 12.5 Å². The maximum absolute atomic E-state index is 13.0. The highest BCUT2D eigenvalue weighted by Crippen LogP contribution is 2.50. The molecule has 0 aliphatic heterocycles. The Morgan fingerprint density at radius 1 is 1.09 bits per heavy atom. The van der Waals surface area contributed by atoms with Crippen LogP contribution in [-0.4, -0.2) is 27.1 Å². The summed E-state index contributed by atoms with van der Waals surface area (Å²) in [7, 11) is 0. The van der Waals surface area contributed by atoms with Gasteiger partial charge in [-0.25, -0.2) is 4.98 Å². The van der Waals surface area contributed by atoms with Gasteiger partial charge in [0.25, 0.3) is 5.56 Å². The van der Waals surface area contributed by atoms with Crippen molar-refractivity contribution >= 4 is 22.7 Å². The van der Waals surface area contributed by atoms with E-state index in [2.05, 4.69) is 20.0 Å². The maximum Gasteiger partial charge on any atom is 0.461 e. The Morgan fingerprint density at radius 3 is 2.53 bits per heavy atom. The van der Waals surface area contributed by atoms with E-state index in [-0.39, 0.29) is 17.5 Å². The predicted molar refractivity (Wildman–Crippen MR) is 110 cm³/mol. The molecule has 3 aromatic rings. The van der Waals surface area contributed by atoms with Crippen LogP contribution in [0.2, 0.25) is 0 Å². The molecule has 1 aromatic carbocycles. The summed E-state index contributed by atoms with van der Waals surface area (Å²) in [5.74, 6) is 0.968. The van der Waals surface area contributed by atoms with Crippen molar-refractivity contribution in [1.29, 1.82) is 0 Å². The largest absolute Gasteiger partial charge is 0.461 e. The minimum atomic E-state index is -4.57. The first kappa shape index (κ1) is 20.7. The van der Waals surface area contributed by atoms with Crippen molar-refractivity contribution in [1.82, 2.24) is 14.5 Å². The Balaban J connectivity index is 1.41. The third kappa shape index (κ3) is 3.78. The van der Waals surface area contributed by atoms with Crippen LogP contribution in [0, 0.1) is 11.8 Å². The summed E-state index contributed by atoms with van der Waals surface area (Å²) in [6.45, 7) is 0. The topological polar surface area (TPSA) is 69.0 Å². The van der Waals surface area contributed by atoms with Crippen molar-refractivity contribution in [3.63, 3.8) is 0 Å². The molecule has 5 rings (SSSR count). The van der Waals surface area contributed by atoms with Crippen molar-refractivity contribution in [3.05, 3.63) is 52.9 Å². The zero-order chi connectivity index (χ0) is 22.5. The van der Waals surface area contributed by atoms with Gasteiger partial charge in [-0.15, -0.1) is 0 Å². The van der Waals surface area contributed by atoms with E-state index in [1.54, 1.807) is 22.9 Å². The van der Waals surface area contributed by atoms with E-state index >= 15 is 0 Å². The number of nitrogens with zero attached hydrogens (tertiary/aromatic N) is 3. The lowest BCUT2D eigenvalue weighted by atomic mass is 9.95. The Morgan fingerprint density at radius 2 is 1.88 bits per heavy atom. The molecule has 1 N–H and O–H groups in total. The molecule has 2 aromatic heterocycles. The zero-order valence-corrected chi connectivity index (χ0v) is 16.8. The van der Waals surface area contributed by atoms with Crippen LogP contribution < -0.4 is 15.6 Å². The molecule has 0 spiro atoms. The van der Waals surface area contributed by atoms with E-state index in [0.717, 1.165) is 36.8 Å². The van der Waals surface area contributed by atoms with Crippen molar-refractivity contribution in [3.8, 4) is 5.75 Å². The summed E-state index contributed by atoms with van der Waals surface area (Å²) < 4.78 is 56.5. The molecular formula is C22H20F4N4O2. The second kappa shape index (κ2) is 7.75. The highest BCUT2D eigenvalue weighted by atomic mass is 19.3. The number of alkyl halides is 4. The average molecular weight is 448 g/mol. The summed E-state index contributed by atoms with van der Waals surface area (Å²) in [6.07, 6.45) is -2.43. The van der Waals surface area contributed by atoms with Crippen LogP contribution in [0.5, 0.6) is 5.75 Å². The first-order valence-corrected chi connectivity index (χ1v) is 10.4. The lowest BCUT2D eigenvalue weighted by molar-refractivity contribution is -0.253. The van der Waals surface area contributed by atoms with E-state index in [9.17, 15) is 22.4 Å². The number of nitrogens with one attached hydrogen (secondary N) is 1. The standard InChI is InChI=1S/C22H20F4N4O2/c23-20(24)22(25,26)32-16-6-4-15(5-7-16)28-21-27-11-14-3-8-18(31)30(19(14)29-21)17-10-12-1-2-13(17)9-12/h3-8,11-13,17,20H,1-2,9-10H2,(H,27,28,29). The molecule has 3 unspecified atom stereocenters. The van der Waals surface area contributed by atoms with Crippen LogP contribution in [0.3, 0.4) is 0 Å². The second-order valence-electron chi connectivity index (χ2n) is 8.37. The lowest BCUT2D eigenvalue weighted by Gasteiger charge is -2.25. The summed E-state index contributed by atoms with van der Waals surface area (Å²) in [4.78, 5) is 21.5. The van der Waals surface area contributed by atoms with Gasteiger partial charge in [0.15, 0.2) is 0 Å². The normalized spacial score (nSPS) is 22.6. The molecule has 10 heteroatoms. The molecule has 0 amide bonds. The number of halogens is 4. The van der Waals surface area contributed by atoms with Crippen molar-refractivity contribution in [2.24, 2.45) is 11.8 Å². The molecule has 2 aliphatic rings. The fourth-order valence-electron chi connectivity index (χ4n) is 4.88. The van der Waals surface area contributed by atoms with Crippen LogP contribution in [0.15, 0.2) is 47.4 Å². The number of ether oxygens (including phenoxy) is 1. The predicted octanol–water partition coefficient (Wildman–Crippen LogP) is 5.13. The number of aromatic nitrogens is 3. The van der Waals surface area contributed by atoms with Gasteiger partial charge < -0.3 is 10.1 Å². The summed E-state index contributed by atoms with van der Waals surface area (Å²) in [5.41, 5.74) is 0.895. The molecule has 2 fully saturated rings. The molecule has 2 saturated carbocycles. The van der Waals surface area contributed by atoms with Crippen molar-refractivity contribution < 1.29 is 22.3 Å². The molecule has 2 aliphatic carbocycles. The third-order valence-corrected chi connectivity index (χ3v) is 6.32. The molecule has 2 heterocycles. The van der Waals surface area contributed by atoms with Gasteiger partial charge in [-0.2, -0.15) is 22.5 Å². The van der Waals surface area contributed by atoms with Crippen LogP contribution in [0.25, 0.3) is 11.0 Å². The molecule has 32 heavy (non-hydrogen) atoms. The Kier molecular flexibility index (Phi) is 5.02. The second-order valence-corrected chi connectivity index (χ2v) is 8.37. The number of pyridine rings is 1. The van der Waals surface area contributed by atoms with E-state index in [4.69, 9.17) is 0 Å². The zero-order valence-electron chi connectivity index (χ0n) is 16.8. The summed E-state index contributed by atoms with van der Waals surface area (Å²) in [5, 5.41) is 3.70. The molecule has 0 saturated heterocycles. The van der Waals surface area contributed by atoms with E-state index < -0.39 is 18.3 Å². The smallest absolute Gasteiger partial charge is 0.428 e. The Hall–Kier alpha value is -3.17. The number of benzene rings is 1. The van der Waals surface area contributed by atoms with Crippen molar-refractivity contribution in [2.75, 3.05) is 5.32 Å². The van der Waals surface area contributed by atoms with Gasteiger partial charge in [-0.1, -0.05) is 6.42 Å². The number of hydrogen-bond acceptors (Lipinski definition) is 5. The van der Waals surface area contributed by atoms with Gasteiger partial charge in [0, 0.05) is 29.4 Å². The molecule has 0 radical (unpaired) electrons. The van der Waals surface area contributed by atoms with Crippen molar-refractivity contribution in [2.45, 2.75) is 44.3 Å². The Bertz CT molecular complexity index is 1200. The third-order valence-electron chi connectivity index (χ3n) is 6.32. The fraction of sp³-hybridized carbons (Fsp3) is 0.409. The maximum atomic E-state index is 13.0. The molecule has 6 nitrogen and oxygen atoms in total. The average Bonchev–Trinajstić information content (AvgIpc) is 3.38. The Labute approximate surface area is 180 Å². The molecule has 3 atom stereocenters. The van der Waals surface area contributed by atoms with Gasteiger partial charge in [-0.05, 0) is 61.4 Å². The number of fused-ring (bicyclic) bond motifs is 3. The monoisotopic (exact) mass is 448 g/mol. The first-order valence-electron chi connectivity index (χ1n) is 10.4. The van der Waals surface area contributed by atoms with E-state index in [1.807, 2.05) is 0 Å². The van der Waals surface area contributed by atoms with Crippen LogP contribution in [0.1, 0.15) is 31.7 Å². The van der Waals surface area contributed by atoms with E-state index in [1.165, 1.54) is 18.6 Å². The summed E-state index contributed by atoms with van der Waals surface area (Å²) in [6, 6.07) is 8.42. The minimum Gasteiger partial charge on any atom is -0.428 e. The number of hydrogen-bond donors (Lipinski definition) is 1. The van der Waals surface area contributed by atoms with Crippen LogP contribution in [-0.2, 0) is 0 Å².